The molecule has 0 atom stereocenters. The van der Waals surface area contributed by atoms with Gasteiger partial charge in [-0.2, -0.15) is 5.26 Å². The van der Waals surface area contributed by atoms with Gasteiger partial charge in [-0.1, -0.05) is 0 Å². The average molecular weight is 113 g/mol. The van der Waals surface area contributed by atoms with Crippen LogP contribution in [0.3, 0.4) is 0 Å². The summed E-state index contributed by atoms with van der Waals surface area (Å²) in [6.45, 7) is 0. The Hall–Kier alpha value is -0.333. The quantitative estimate of drug-likeness (QED) is 0.423. The van der Waals surface area contributed by atoms with Crippen LogP contribution in [0, 0.1) is 11.3 Å². The van der Waals surface area contributed by atoms with Crippen LogP contribution in [0.2, 0.25) is 6.04 Å². The molecule has 0 heterocycles. The molecule has 0 saturated heterocycles. The molecule has 0 fully saturated rings. The van der Waals surface area contributed by atoms with E-state index in [0.29, 0.717) is 6.42 Å². The zero-order valence-corrected chi connectivity index (χ0v) is 5.02. The SMILES string of the molecule is N#CCCC[Si]O. The van der Waals surface area contributed by atoms with Gasteiger partial charge in [0, 0.05) is 6.42 Å². The van der Waals surface area contributed by atoms with Crippen molar-refractivity contribution < 1.29 is 4.80 Å². The predicted molar refractivity (Wildman–Crippen MR) is 27.6 cm³/mol. The van der Waals surface area contributed by atoms with E-state index in [1.54, 1.807) is 0 Å². The molecule has 0 aromatic rings. The summed E-state index contributed by atoms with van der Waals surface area (Å²) in [5.41, 5.74) is 0. The van der Waals surface area contributed by atoms with Crippen molar-refractivity contribution in [2.45, 2.75) is 18.9 Å². The van der Waals surface area contributed by atoms with Crippen molar-refractivity contribution in [2.24, 2.45) is 0 Å². The highest BCUT2D eigenvalue weighted by atomic mass is 28.2. The second kappa shape index (κ2) is 5.67. The monoisotopic (exact) mass is 113 g/mol. The topological polar surface area (TPSA) is 44.0 Å². The Labute approximate surface area is 45.7 Å². The molecule has 2 radical (unpaired) electrons. The maximum absolute atomic E-state index is 8.21. The fourth-order valence-electron chi connectivity index (χ4n) is 0.247. The van der Waals surface area contributed by atoms with Crippen molar-refractivity contribution in [3.8, 4) is 6.07 Å². The Morgan fingerprint density at radius 3 is 2.86 bits per heavy atom. The van der Waals surface area contributed by atoms with E-state index >= 15 is 0 Å². The lowest BCUT2D eigenvalue weighted by Crippen LogP contribution is -1.83. The van der Waals surface area contributed by atoms with Gasteiger partial charge < -0.3 is 4.80 Å². The van der Waals surface area contributed by atoms with E-state index in [4.69, 9.17) is 10.1 Å². The summed E-state index contributed by atoms with van der Waals surface area (Å²) in [6, 6.07) is 2.78. The summed E-state index contributed by atoms with van der Waals surface area (Å²) >= 11 is 0. The first-order valence-corrected chi connectivity index (χ1v) is 3.31. The van der Waals surface area contributed by atoms with Gasteiger partial charge in [0.1, 0.15) is 0 Å². The Morgan fingerprint density at radius 2 is 2.43 bits per heavy atom. The summed E-state index contributed by atoms with van der Waals surface area (Å²) < 4.78 is 0. The predicted octanol–water partition coefficient (Wildman–Crippen LogP) is 0.320. The lowest BCUT2D eigenvalue weighted by atomic mass is 10.4. The normalized spacial score (nSPS) is 8.00. The fourth-order valence-corrected chi connectivity index (χ4v) is 0.581. The third kappa shape index (κ3) is 5.67. The van der Waals surface area contributed by atoms with Crippen LogP contribution in [0.4, 0.5) is 0 Å². The lowest BCUT2D eigenvalue weighted by molar-refractivity contribution is 0.596. The maximum atomic E-state index is 8.21. The third-order valence-electron chi connectivity index (χ3n) is 0.577. The molecular formula is C4H7NOSi. The third-order valence-corrected chi connectivity index (χ3v) is 1.15. The van der Waals surface area contributed by atoms with Gasteiger partial charge in [0.2, 0.25) is 9.76 Å². The van der Waals surface area contributed by atoms with Crippen molar-refractivity contribution in [1.29, 1.82) is 5.26 Å². The second-order valence-corrected chi connectivity index (χ2v) is 1.99. The van der Waals surface area contributed by atoms with Crippen LogP contribution in [-0.4, -0.2) is 14.6 Å². The van der Waals surface area contributed by atoms with Crippen LogP contribution in [0.25, 0.3) is 0 Å². The van der Waals surface area contributed by atoms with Crippen LogP contribution in [0.5, 0.6) is 0 Å². The summed E-state index contributed by atoms with van der Waals surface area (Å²) in [6.07, 6.45) is 1.42. The first-order valence-electron chi connectivity index (χ1n) is 2.15. The number of unbranched alkanes of at least 4 members (excludes halogenated alkanes) is 1. The van der Waals surface area contributed by atoms with E-state index in [9.17, 15) is 0 Å². The van der Waals surface area contributed by atoms with Crippen LogP contribution < -0.4 is 0 Å². The minimum absolute atomic E-state index is 0.0165. The van der Waals surface area contributed by atoms with Gasteiger partial charge >= 0.3 is 0 Å². The number of nitrogens with zero attached hydrogens (tertiary/aromatic N) is 1. The van der Waals surface area contributed by atoms with Gasteiger partial charge in [-0.25, -0.2) is 0 Å². The molecule has 0 rings (SSSR count). The van der Waals surface area contributed by atoms with Gasteiger partial charge in [0.15, 0.2) is 0 Å². The van der Waals surface area contributed by atoms with Crippen LogP contribution in [-0.2, 0) is 0 Å². The lowest BCUT2D eigenvalue weighted by Gasteiger charge is -1.82. The van der Waals surface area contributed by atoms with Crippen molar-refractivity contribution in [2.75, 3.05) is 0 Å². The zero-order valence-electron chi connectivity index (χ0n) is 4.02. The van der Waals surface area contributed by atoms with Gasteiger partial charge in [-0.15, -0.1) is 0 Å². The molecule has 7 heavy (non-hydrogen) atoms. The van der Waals surface area contributed by atoms with Crippen LogP contribution in [0.15, 0.2) is 0 Å². The van der Waals surface area contributed by atoms with Crippen molar-refractivity contribution in [3.05, 3.63) is 0 Å². The minimum atomic E-state index is 0.0165. The number of rotatable bonds is 3. The molecule has 0 aliphatic rings. The summed E-state index contributed by atoms with van der Waals surface area (Å²) in [5.74, 6) is 0. The van der Waals surface area contributed by atoms with Crippen LogP contribution >= 0.6 is 0 Å². The molecule has 0 amide bonds. The molecule has 0 bridgehead atoms. The Kier molecular flexibility index (Phi) is 5.40. The molecule has 0 spiro atoms. The summed E-state index contributed by atoms with van der Waals surface area (Å²) in [7, 11) is 0.0165. The average Bonchev–Trinajstić information content (AvgIpc) is 1.69. The van der Waals surface area contributed by atoms with Crippen molar-refractivity contribution >= 4 is 9.76 Å². The van der Waals surface area contributed by atoms with E-state index in [1.807, 2.05) is 6.07 Å². The Bertz CT molecular complexity index is 68.6. The molecule has 3 heteroatoms. The summed E-state index contributed by atoms with van der Waals surface area (Å²) in [5, 5.41) is 7.96. The smallest absolute Gasteiger partial charge is 0.224 e. The molecule has 38 valence electrons. The van der Waals surface area contributed by atoms with E-state index in [2.05, 4.69) is 0 Å². The highest BCUT2D eigenvalue weighted by molar-refractivity contribution is 6.25. The molecule has 2 nitrogen and oxygen atoms in total. The van der Waals surface area contributed by atoms with Crippen LogP contribution in [0.1, 0.15) is 12.8 Å². The molecule has 0 unspecified atom stereocenters. The molecule has 0 aromatic heterocycles. The molecule has 0 aliphatic carbocycles. The standard InChI is InChI=1S/C4H7NOSi/c5-3-1-2-4-7-6/h6H,1-2,4H2. The van der Waals surface area contributed by atoms with Crippen molar-refractivity contribution in [3.63, 3.8) is 0 Å². The Morgan fingerprint density at radius 1 is 1.71 bits per heavy atom. The van der Waals surface area contributed by atoms with E-state index < -0.39 is 0 Å². The van der Waals surface area contributed by atoms with E-state index in [1.165, 1.54) is 0 Å². The van der Waals surface area contributed by atoms with E-state index in [0.717, 1.165) is 12.5 Å². The molecule has 0 aliphatic heterocycles. The van der Waals surface area contributed by atoms with E-state index in [-0.39, 0.29) is 9.76 Å². The van der Waals surface area contributed by atoms with Gasteiger partial charge in [-0.05, 0) is 12.5 Å². The first-order chi connectivity index (χ1) is 3.41. The zero-order chi connectivity index (χ0) is 5.54. The van der Waals surface area contributed by atoms with Crippen molar-refractivity contribution in [1.82, 2.24) is 0 Å². The molecular weight excluding hydrogens is 106 g/mol. The highest BCUT2D eigenvalue weighted by Gasteiger charge is 1.83. The van der Waals surface area contributed by atoms with Gasteiger partial charge in [-0.3, -0.25) is 0 Å². The van der Waals surface area contributed by atoms with Gasteiger partial charge in [0.05, 0.1) is 6.07 Å². The molecule has 0 saturated carbocycles. The second-order valence-electron chi connectivity index (χ2n) is 1.17. The number of hydrogen-bond acceptors (Lipinski definition) is 2. The van der Waals surface area contributed by atoms with Gasteiger partial charge in [0.25, 0.3) is 0 Å². The Balaban J connectivity index is 2.60. The summed E-state index contributed by atoms with van der Waals surface area (Å²) in [4.78, 5) is 8.21. The first kappa shape index (κ1) is 6.67. The minimum Gasteiger partial charge on any atom is -0.432 e. The largest absolute Gasteiger partial charge is 0.432 e. The fraction of sp³-hybridized carbons (Fsp3) is 0.750. The number of hydrogen-bond donors (Lipinski definition) is 1. The molecule has 1 N–H and O–H groups in total. The molecule has 0 aromatic carbocycles. The maximum Gasteiger partial charge on any atom is 0.224 e. The number of nitriles is 1. The highest BCUT2D eigenvalue weighted by Crippen LogP contribution is 1.89.